The minimum Gasteiger partial charge on any atom is -0.492 e. The predicted octanol–water partition coefficient (Wildman–Crippen LogP) is 2.39. The summed E-state index contributed by atoms with van der Waals surface area (Å²) >= 11 is 0. The van der Waals surface area contributed by atoms with Crippen LogP contribution in [0.2, 0.25) is 0 Å². The van der Waals surface area contributed by atoms with Crippen LogP contribution in [0.25, 0.3) is 0 Å². The smallest absolute Gasteiger partial charge is 0.422 e. The van der Waals surface area contributed by atoms with Gasteiger partial charge in [0, 0.05) is 6.54 Å². The molecule has 0 saturated carbocycles. The maximum absolute atomic E-state index is 11.8. The van der Waals surface area contributed by atoms with E-state index in [0.717, 1.165) is 0 Å². The fraction of sp³-hybridized carbons (Fsp3) is 0.400. The number of benzene rings is 1. The zero-order valence-corrected chi connectivity index (χ0v) is 9.68. The summed E-state index contributed by atoms with van der Waals surface area (Å²) in [5, 5.41) is 0. The van der Waals surface area contributed by atoms with Crippen molar-refractivity contribution in [3.63, 3.8) is 0 Å². The number of alkyl halides is 3. The van der Waals surface area contributed by atoms with Crippen LogP contribution < -0.4 is 15.2 Å². The van der Waals surface area contributed by atoms with Crippen molar-refractivity contribution in [2.75, 3.05) is 19.8 Å². The third kappa shape index (κ3) is 6.91. The van der Waals surface area contributed by atoms with Gasteiger partial charge in [-0.15, -0.1) is 12.4 Å². The van der Waals surface area contributed by atoms with Gasteiger partial charge in [0.05, 0.1) is 0 Å². The summed E-state index contributed by atoms with van der Waals surface area (Å²) in [6.45, 7) is -0.551. The molecule has 0 radical (unpaired) electrons. The quantitative estimate of drug-likeness (QED) is 0.894. The highest BCUT2D eigenvalue weighted by Crippen LogP contribution is 2.20. The Labute approximate surface area is 103 Å². The van der Waals surface area contributed by atoms with Crippen LogP contribution in [0.15, 0.2) is 24.3 Å². The van der Waals surface area contributed by atoms with Gasteiger partial charge < -0.3 is 15.2 Å². The average Bonchev–Trinajstić information content (AvgIpc) is 2.24. The first-order valence-corrected chi connectivity index (χ1v) is 4.64. The fourth-order valence-electron chi connectivity index (χ4n) is 0.974. The Hall–Kier alpha value is -1.14. The summed E-state index contributed by atoms with van der Waals surface area (Å²) in [5.41, 5.74) is 5.23. The van der Waals surface area contributed by atoms with Gasteiger partial charge in [-0.1, -0.05) is 0 Å². The van der Waals surface area contributed by atoms with Gasteiger partial charge in [-0.25, -0.2) is 0 Å². The van der Waals surface area contributed by atoms with Crippen molar-refractivity contribution in [3.8, 4) is 11.5 Å². The molecule has 0 amide bonds. The molecule has 1 aromatic carbocycles. The highest BCUT2D eigenvalue weighted by Gasteiger charge is 2.28. The van der Waals surface area contributed by atoms with Gasteiger partial charge in [-0.3, -0.25) is 0 Å². The summed E-state index contributed by atoms with van der Waals surface area (Å²) in [4.78, 5) is 0. The van der Waals surface area contributed by atoms with E-state index in [1.54, 1.807) is 0 Å². The molecule has 7 heteroatoms. The molecule has 0 unspecified atom stereocenters. The van der Waals surface area contributed by atoms with E-state index in [0.29, 0.717) is 18.9 Å². The number of nitrogens with two attached hydrogens (primary N) is 1. The Balaban J connectivity index is 0.00000256. The largest absolute Gasteiger partial charge is 0.492 e. The summed E-state index contributed by atoms with van der Waals surface area (Å²) < 4.78 is 45.1. The molecule has 17 heavy (non-hydrogen) atoms. The lowest BCUT2D eigenvalue weighted by Crippen LogP contribution is -2.19. The highest BCUT2D eigenvalue weighted by atomic mass is 35.5. The zero-order chi connectivity index (χ0) is 12.0. The van der Waals surface area contributed by atoms with Crippen LogP contribution in [-0.2, 0) is 0 Å². The van der Waals surface area contributed by atoms with Crippen molar-refractivity contribution in [2.24, 2.45) is 5.73 Å². The van der Waals surface area contributed by atoms with Crippen molar-refractivity contribution < 1.29 is 22.6 Å². The third-order valence-electron chi connectivity index (χ3n) is 1.61. The van der Waals surface area contributed by atoms with E-state index in [2.05, 4.69) is 4.74 Å². The molecule has 0 spiro atoms. The molecule has 1 aromatic rings. The molecule has 0 bridgehead atoms. The van der Waals surface area contributed by atoms with Crippen molar-refractivity contribution in [1.29, 1.82) is 0 Å². The van der Waals surface area contributed by atoms with Crippen molar-refractivity contribution >= 4 is 12.4 Å². The van der Waals surface area contributed by atoms with E-state index in [1.807, 2.05) is 0 Å². The second-order valence-corrected chi connectivity index (χ2v) is 3.01. The SMILES string of the molecule is Cl.NCCOc1ccc(OCC(F)(F)F)cc1. The van der Waals surface area contributed by atoms with Gasteiger partial charge in [0.1, 0.15) is 18.1 Å². The summed E-state index contributed by atoms with van der Waals surface area (Å²) in [7, 11) is 0. The van der Waals surface area contributed by atoms with E-state index in [4.69, 9.17) is 10.5 Å². The Morgan fingerprint density at radius 2 is 1.47 bits per heavy atom. The molecule has 0 aliphatic heterocycles. The number of rotatable bonds is 5. The first-order valence-electron chi connectivity index (χ1n) is 4.64. The number of hydrogen-bond acceptors (Lipinski definition) is 3. The van der Waals surface area contributed by atoms with Crippen LogP contribution in [0.1, 0.15) is 0 Å². The van der Waals surface area contributed by atoms with Gasteiger partial charge >= 0.3 is 6.18 Å². The van der Waals surface area contributed by atoms with E-state index >= 15 is 0 Å². The predicted molar refractivity (Wildman–Crippen MR) is 59.8 cm³/mol. The minimum atomic E-state index is -4.32. The highest BCUT2D eigenvalue weighted by molar-refractivity contribution is 5.85. The molecule has 2 N–H and O–H groups in total. The fourth-order valence-corrected chi connectivity index (χ4v) is 0.974. The topological polar surface area (TPSA) is 44.5 Å². The van der Waals surface area contributed by atoms with E-state index in [9.17, 15) is 13.2 Å². The molecule has 98 valence electrons. The normalized spacial score (nSPS) is 10.6. The lowest BCUT2D eigenvalue weighted by Gasteiger charge is -2.09. The van der Waals surface area contributed by atoms with Crippen LogP contribution in [0.5, 0.6) is 11.5 Å². The van der Waals surface area contributed by atoms with Crippen molar-refractivity contribution in [3.05, 3.63) is 24.3 Å². The standard InChI is InChI=1S/C10H12F3NO2.ClH/c11-10(12,13)7-16-9-3-1-8(2-4-9)15-6-5-14;/h1-4H,5-7,14H2;1H. The molecule has 0 saturated heterocycles. The molecule has 3 nitrogen and oxygen atoms in total. The number of halogens is 4. The summed E-state index contributed by atoms with van der Waals surface area (Å²) in [5.74, 6) is 0.697. The molecule has 0 aliphatic carbocycles. The van der Waals surface area contributed by atoms with Gasteiger partial charge in [-0.05, 0) is 24.3 Å². The molecule has 0 fully saturated rings. The van der Waals surface area contributed by atoms with Crippen LogP contribution in [0, 0.1) is 0 Å². The van der Waals surface area contributed by atoms with E-state index in [1.165, 1.54) is 24.3 Å². The van der Waals surface area contributed by atoms with Gasteiger partial charge in [0.15, 0.2) is 6.61 Å². The first kappa shape index (κ1) is 15.9. The molecule has 1 rings (SSSR count). The lowest BCUT2D eigenvalue weighted by molar-refractivity contribution is -0.153. The molecular formula is C10H13ClF3NO2. The maximum Gasteiger partial charge on any atom is 0.422 e. The number of hydrogen-bond donors (Lipinski definition) is 1. The minimum absolute atomic E-state index is 0. The lowest BCUT2D eigenvalue weighted by atomic mass is 10.3. The van der Waals surface area contributed by atoms with Crippen LogP contribution in [-0.4, -0.2) is 25.9 Å². The maximum atomic E-state index is 11.8. The Kier molecular flexibility index (Phi) is 6.75. The monoisotopic (exact) mass is 271 g/mol. The van der Waals surface area contributed by atoms with Crippen LogP contribution >= 0.6 is 12.4 Å². The Morgan fingerprint density at radius 1 is 1.00 bits per heavy atom. The Bertz CT molecular complexity index is 316. The van der Waals surface area contributed by atoms with Gasteiger partial charge in [-0.2, -0.15) is 13.2 Å². The molecule has 0 aromatic heterocycles. The van der Waals surface area contributed by atoms with Crippen LogP contribution in [0.4, 0.5) is 13.2 Å². The van der Waals surface area contributed by atoms with Crippen molar-refractivity contribution in [2.45, 2.75) is 6.18 Å². The van der Waals surface area contributed by atoms with E-state index < -0.39 is 12.8 Å². The van der Waals surface area contributed by atoms with Gasteiger partial charge in [0.25, 0.3) is 0 Å². The average molecular weight is 272 g/mol. The zero-order valence-electron chi connectivity index (χ0n) is 8.87. The second kappa shape index (κ2) is 7.24. The van der Waals surface area contributed by atoms with Crippen LogP contribution in [0.3, 0.4) is 0 Å². The van der Waals surface area contributed by atoms with Gasteiger partial charge in [0.2, 0.25) is 0 Å². The molecule has 0 aliphatic rings. The summed E-state index contributed by atoms with van der Waals surface area (Å²) in [6, 6.07) is 5.89. The second-order valence-electron chi connectivity index (χ2n) is 3.01. The molecular weight excluding hydrogens is 259 g/mol. The van der Waals surface area contributed by atoms with E-state index in [-0.39, 0.29) is 18.2 Å². The summed E-state index contributed by atoms with van der Waals surface area (Å²) in [6.07, 6.45) is -4.32. The number of ether oxygens (including phenoxy) is 2. The molecule has 0 atom stereocenters. The third-order valence-corrected chi connectivity index (χ3v) is 1.61. The Morgan fingerprint density at radius 3 is 1.88 bits per heavy atom. The molecule has 0 heterocycles. The first-order chi connectivity index (χ1) is 7.51. The van der Waals surface area contributed by atoms with Crippen molar-refractivity contribution in [1.82, 2.24) is 0 Å².